The SMILES string of the molecule is Cc1nc(OCC2CCCC(C)C2)ncc1CN. The Labute approximate surface area is 109 Å². The first-order valence-electron chi connectivity index (χ1n) is 6.84. The van der Waals surface area contributed by atoms with Crippen LogP contribution in [-0.2, 0) is 6.54 Å². The minimum atomic E-state index is 0.478. The van der Waals surface area contributed by atoms with Crippen molar-refractivity contribution >= 4 is 0 Å². The number of hydrogen-bond acceptors (Lipinski definition) is 4. The van der Waals surface area contributed by atoms with Gasteiger partial charge in [-0.25, -0.2) is 9.97 Å². The number of rotatable bonds is 4. The van der Waals surface area contributed by atoms with E-state index in [4.69, 9.17) is 10.5 Å². The number of hydrogen-bond donors (Lipinski definition) is 1. The summed E-state index contributed by atoms with van der Waals surface area (Å²) in [6.45, 7) is 5.49. The molecule has 1 aliphatic carbocycles. The highest BCUT2D eigenvalue weighted by molar-refractivity contribution is 5.17. The first kappa shape index (κ1) is 13.3. The Morgan fingerprint density at radius 3 is 2.94 bits per heavy atom. The summed E-state index contributed by atoms with van der Waals surface area (Å²) in [6, 6.07) is 0.489. The molecule has 1 fully saturated rings. The maximum Gasteiger partial charge on any atom is 0.316 e. The molecule has 100 valence electrons. The van der Waals surface area contributed by atoms with Gasteiger partial charge in [0.1, 0.15) is 0 Å². The Morgan fingerprint density at radius 1 is 1.44 bits per heavy atom. The standard InChI is InChI=1S/C14H23N3O/c1-10-4-3-5-12(6-10)9-18-14-16-8-13(7-15)11(2)17-14/h8,10,12H,3-7,9,15H2,1-2H3. The second kappa shape index (κ2) is 6.14. The number of ether oxygens (including phenoxy) is 1. The summed E-state index contributed by atoms with van der Waals surface area (Å²) in [5.74, 6) is 1.49. The first-order valence-corrected chi connectivity index (χ1v) is 6.84. The smallest absolute Gasteiger partial charge is 0.316 e. The minimum Gasteiger partial charge on any atom is -0.463 e. The number of nitrogens with zero attached hydrogens (tertiary/aromatic N) is 2. The van der Waals surface area contributed by atoms with Crippen LogP contribution in [0.1, 0.15) is 43.9 Å². The lowest BCUT2D eigenvalue weighted by Crippen LogP contribution is -2.20. The van der Waals surface area contributed by atoms with Gasteiger partial charge in [-0.05, 0) is 31.6 Å². The molecule has 1 aromatic rings. The average molecular weight is 249 g/mol. The Bertz CT molecular complexity index is 395. The van der Waals surface area contributed by atoms with Crippen LogP contribution < -0.4 is 10.5 Å². The van der Waals surface area contributed by atoms with Crippen LogP contribution in [0.4, 0.5) is 0 Å². The van der Waals surface area contributed by atoms with E-state index in [1.807, 2.05) is 6.92 Å². The van der Waals surface area contributed by atoms with Crippen molar-refractivity contribution < 1.29 is 4.74 Å². The fourth-order valence-electron chi connectivity index (χ4n) is 2.64. The maximum atomic E-state index is 5.71. The van der Waals surface area contributed by atoms with Crippen molar-refractivity contribution in [1.82, 2.24) is 9.97 Å². The molecule has 1 aliphatic rings. The van der Waals surface area contributed by atoms with Crippen LogP contribution in [0.5, 0.6) is 6.01 Å². The maximum absolute atomic E-state index is 5.71. The molecule has 1 saturated carbocycles. The van der Waals surface area contributed by atoms with Gasteiger partial charge in [-0.15, -0.1) is 0 Å². The Balaban J connectivity index is 1.88. The van der Waals surface area contributed by atoms with Crippen LogP contribution in [0, 0.1) is 18.8 Å². The van der Waals surface area contributed by atoms with E-state index in [0.29, 0.717) is 18.5 Å². The minimum absolute atomic E-state index is 0.478. The molecule has 0 radical (unpaired) electrons. The van der Waals surface area contributed by atoms with Crippen molar-refractivity contribution in [1.29, 1.82) is 0 Å². The molecule has 0 spiro atoms. The van der Waals surface area contributed by atoms with E-state index in [1.54, 1.807) is 6.20 Å². The van der Waals surface area contributed by atoms with E-state index < -0.39 is 0 Å². The zero-order valence-electron chi connectivity index (χ0n) is 11.4. The molecule has 2 unspecified atom stereocenters. The van der Waals surface area contributed by atoms with Crippen LogP contribution in [-0.4, -0.2) is 16.6 Å². The zero-order valence-corrected chi connectivity index (χ0v) is 11.4. The second-order valence-corrected chi connectivity index (χ2v) is 5.42. The zero-order chi connectivity index (χ0) is 13.0. The van der Waals surface area contributed by atoms with Crippen LogP contribution >= 0.6 is 0 Å². The van der Waals surface area contributed by atoms with Gasteiger partial charge in [-0.2, -0.15) is 0 Å². The van der Waals surface area contributed by atoms with Crippen molar-refractivity contribution in [2.75, 3.05) is 6.61 Å². The van der Waals surface area contributed by atoms with Crippen LogP contribution in [0.2, 0.25) is 0 Å². The highest BCUT2D eigenvalue weighted by atomic mass is 16.5. The van der Waals surface area contributed by atoms with E-state index >= 15 is 0 Å². The molecule has 4 heteroatoms. The summed E-state index contributed by atoms with van der Waals surface area (Å²) < 4.78 is 5.71. The lowest BCUT2D eigenvalue weighted by Gasteiger charge is -2.26. The van der Waals surface area contributed by atoms with Crippen molar-refractivity contribution in [3.63, 3.8) is 0 Å². The second-order valence-electron chi connectivity index (χ2n) is 5.42. The molecule has 18 heavy (non-hydrogen) atoms. The van der Waals surface area contributed by atoms with Gasteiger partial charge in [-0.3, -0.25) is 0 Å². The van der Waals surface area contributed by atoms with Crippen LogP contribution in [0.15, 0.2) is 6.20 Å². The quantitative estimate of drug-likeness (QED) is 0.890. The molecule has 4 nitrogen and oxygen atoms in total. The van der Waals surface area contributed by atoms with Gasteiger partial charge in [0.2, 0.25) is 0 Å². The fourth-order valence-corrected chi connectivity index (χ4v) is 2.64. The monoisotopic (exact) mass is 249 g/mol. The Hall–Kier alpha value is -1.16. The van der Waals surface area contributed by atoms with Gasteiger partial charge in [0.15, 0.2) is 0 Å². The summed E-state index contributed by atoms with van der Waals surface area (Å²) in [4.78, 5) is 8.53. The van der Waals surface area contributed by atoms with Gasteiger partial charge in [0.05, 0.1) is 6.61 Å². The number of aryl methyl sites for hydroxylation is 1. The topological polar surface area (TPSA) is 61.0 Å². The highest BCUT2D eigenvalue weighted by Gasteiger charge is 2.19. The largest absolute Gasteiger partial charge is 0.463 e. The Morgan fingerprint density at radius 2 is 2.28 bits per heavy atom. The first-order chi connectivity index (χ1) is 8.69. The van der Waals surface area contributed by atoms with E-state index in [0.717, 1.165) is 23.8 Å². The van der Waals surface area contributed by atoms with Gasteiger partial charge in [0.25, 0.3) is 0 Å². The van der Waals surface area contributed by atoms with Crippen molar-refractivity contribution in [2.45, 2.75) is 46.1 Å². The van der Waals surface area contributed by atoms with Crippen molar-refractivity contribution in [2.24, 2.45) is 17.6 Å². The van der Waals surface area contributed by atoms with Gasteiger partial charge >= 0.3 is 6.01 Å². The van der Waals surface area contributed by atoms with E-state index in [-0.39, 0.29) is 0 Å². The van der Waals surface area contributed by atoms with Gasteiger partial charge in [-0.1, -0.05) is 19.8 Å². The number of aromatic nitrogens is 2. The van der Waals surface area contributed by atoms with Gasteiger partial charge < -0.3 is 10.5 Å². The molecule has 0 aromatic carbocycles. The summed E-state index contributed by atoms with van der Waals surface area (Å²) >= 11 is 0. The molecular formula is C14H23N3O. The molecule has 1 heterocycles. The van der Waals surface area contributed by atoms with Crippen molar-refractivity contribution in [3.05, 3.63) is 17.5 Å². The molecule has 2 N–H and O–H groups in total. The predicted molar refractivity (Wildman–Crippen MR) is 71.3 cm³/mol. The molecular weight excluding hydrogens is 226 g/mol. The summed E-state index contributed by atoms with van der Waals surface area (Å²) in [7, 11) is 0. The van der Waals surface area contributed by atoms with Crippen molar-refractivity contribution in [3.8, 4) is 6.01 Å². The molecule has 0 saturated heterocycles. The van der Waals surface area contributed by atoms with E-state index in [9.17, 15) is 0 Å². The molecule has 0 aliphatic heterocycles. The third-order valence-corrected chi connectivity index (χ3v) is 3.77. The summed E-state index contributed by atoms with van der Waals surface area (Å²) in [5, 5.41) is 0. The molecule has 0 amide bonds. The molecule has 0 bridgehead atoms. The average Bonchev–Trinajstić information content (AvgIpc) is 2.37. The summed E-state index contributed by atoms with van der Waals surface area (Å²) in [5.41, 5.74) is 7.48. The normalized spacial score (nSPS) is 23.9. The highest BCUT2D eigenvalue weighted by Crippen LogP contribution is 2.28. The molecule has 2 rings (SSSR count). The van der Waals surface area contributed by atoms with Crippen LogP contribution in [0.3, 0.4) is 0 Å². The summed E-state index contributed by atoms with van der Waals surface area (Å²) in [6.07, 6.45) is 6.98. The lowest BCUT2D eigenvalue weighted by atomic mass is 9.83. The van der Waals surface area contributed by atoms with E-state index in [2.05, 4.69) is 16.9 Å². The van der Waals surface area contributed by atoms with Crippen LogP contribution in [0.25, 0.3) is 0 Å². The molecule has 1 aromatic heterocycles. The fraction of sp³-hybridized carbons (Fsp3) is 0.714. The third kappa shape index (κ3) is 3.42. The number of nitrogens with two attached hydrogens (primary N) is 1. The lowest BCUT2D eigenvalue weighted by molar-refractivity contribution is 0.172. The van der Waals surface area contributed by atoms with Gasteiger partial charge in [0, 0.05) is 24.0 Å². The Kier molecular flexibility index (Phi) is 4.53. The molecule has 2 atom stereocenters. The predicted octanol–water partition coefficient (Wildman–Crippen LogP) is 2.45. The van der Waals surface area contributed by atoms with E-state index in [1.165, 1.54) is 25.7 Å². The third-order valence-electron chi connectivity index (χ3n) is 3.77.